The highest BCUT2D eigenvalue weighted by molar-refractivity contribution is 6.30. The summed E-state index contributed by atoms with van der Waals surface area (Å²) in [6.45, 7) is 0.0427. The molecule has 4 rings (SSSR count). The number of benzene rings is 1. The Morgan fingerprint density at radius 2 is 1.97 bits per heavy atom. The van der Waals surface area contributed by atoms with Crippen LogP contribution in [0.2, 0.25) is 5.02 Å². The third-order valence-electron chi connectivity index (χ3n) is 4.86. The minimum Gasteiger partial charge on any atom is -0.459 e. The lowest BCUT2D eigenvalue weighted by molar-refractivity contribution is -0.117. The Hall–Kier alpha value is -2.88. The molecule has 0 spiro atoms. The highest BCUT2D eigenvalue weighted by Gasteiger charge is 2.56. The first-order chi connectivity index (χ1) is 13.6. The van der Waals surface area contributed by atoms with Crippen LogP contribution in [-0.4, -0.2) is 29.4 Å². The summed E-state index contributed by atoms with van der Waals surface area (Å²) in [5, 5.41) is 2.93. The van der Waals surface area contributed by atoms with Crippen LogP contribution in [0.5, 0.6) is 0 Å². The first kappa shape index (κ1) is 19.4. The van der Waals surface area contributed by atoms with Crippen LogP contribution in [0.25, 0.3) is 0 Å². The van der Waals surface area contributed by atoms with Gasteiger partial charge in [-0.15, -0.1) is 0 Å². The number of aliphatic imine (C=N–C) groups is 2. The Labute approximate surface area is 167 Å². The quantitative estimate of drug-likeness (QED) is 0.717. The van der Waals surface area contributed by atoms with Crippen LogP contribution in [0.3, 0.4) is 0 Å². The normalized spacial score (nSPS) is 22.7. The van der Waals surface area contributed by atoms with Crippen molar-refractivity contribution < 1.29 is 22.3 Å². The predicted octanol–water partition coefficient (Wildman–Crippen LogP) is 3.58. The maximum absolute atomic E-state index is 14.8. The van der Waals surface area contributed by atoms with E-state index in [0.717, 1.165) is 19.1 Å². The van der Waals surface area contributed by atoms with Gasteiger partial charge in [0.25, 0.3) is 6.02 Å². The summed E-state index contributed by atoms with van der Waals surface area (Å²) in [5.74, 6) is -5.05. The van der Waals surface area contributed by atoms with Crippen LogP contribution in [0.1, 0.15) is 23.7 Å². The number of fused-ring (bicyclic) bond motifs is 1. The first-order valence-electron chi connectivity index (χ1n) is 8.42. The number of nitrogens with two attached hydrogens (primary N) is 1. The zero-order valence-electron chi connectivity index (χ0n) is 14.9. The van der Waals surface area contributed by atoms with E-state index in [9.17, 15) is 17.6 Å². The van der Waals surface area contributed by atoms with Gasteiger partial charge < -0.3 is 15.8 Å². The van der Waals surface area contributed by atoms with Gasteiger partial charge in [-0.25, -0.2) is 18.8 Å². The number of rotatable bonds is 2. The smallest absolute Gasteiger partial charge is 0.310 e. The number of hydrogen-bond acceptors (Lipinski definition) is 6. The summed E-state index contributed by atoms with van der Waals surface area (Å²) in [4.78, 5) is 11.7. The van der Waals surface area contributed by atoms with Gasteiger partial charge in [0, 0.05) is 23.0 Å². The number of hydrogen-bond donors (Lipinski definition) is 2. The predicted molar refractivity (Wildman–Crippen MR) is 99.3 cm³/mol. The van der Waals surface area contributed by atoms with Gasteiger partial charge >= 0.3 is 5.92 Å². The van der Waals surface area contributed by atoms with Crippen LogP contribution in [0.15, 0.2) is 34.4 Å². The maximum Gasteiger partial charge on any atom is 0.310 e. The molecule has 3 heterocycles. The number of amidine groups is 2. The van der Waals surface area contributed by atoms with Crippen molar-refractivity contribution in [3.63, 3.8) is 0 Å². The van der Waals surface area contributed by atoms with Crippen molar-refractivity contribution >= 4 is 29.1 Å². The van der Waals surface area contributed by atoms with Gasteiger partial charge in [0.05, 0.1) is 11.6 Å². The topological polar surface area (TPSA) is 84.9 Å². The third-order valence-corrected chi connectivity index (χ3v) is 5.06. The maximum atomic E-state index is 14.8. The summed E-state index contributed by atoms with van der Waals surface area (Å²) in [6.07, 6.45) is 1.25. The number of nitrogens with zero attached hydrogens (tertiary/aromatic N) is 3. The van der Waals surface area contributed by atoms with E-state index in [-0.39, 0.29) is 34.3 Å². The van der Waals surface area contributed by atoms with Crippen molar-refractivity contribution in [1.29, 1.82) is 0 Å². The molecule has 0 unspecified atom stereocenters. The Morgan fingerprint density at radius 3 is 2.69 bits per heavy atom. The molecule has 11 heteroatoms. The van der Waals surface area contributed by atoms with Crippen molar-refractivity contribution in [3.05, 3.63) is 57.9 Å². The Morgan fingerprint density at radius 1 is 1.21 bits per heavy atom. The van der Waals surface area contributed by atoms with E-state index in [2.05, 4.69) is 25.0 Å². The molecule has 0 saturated carbocycles. The second-order valence-electron chi connectivity index (χ2n) is 6.78. The molecule has 0 fully saturated rings. The molecule has 2 aliphatic rings. The van der Waals surface area contributed by atoms with Gasteiger partial charge in [-0.1, -0.05) is 11.6 Å². The summed E-state index contributed by atoms with van der Waals surface area (Å²) < 4.78 is 62.7. The van der Waals surface area contributed by atoms with Crippen molar-refractivity contribution in [1.82, 2.24) is 4.98 Å². The number of halogens is 5. The fourth-order valence-electron chi connectivity index (χ4n) is 3.19. The molecule has 0 saturated heterocycles. The molecule has 6 nitrogen and oxygen atoms in total. The van der Waals surface area contributed by atoms with E-state index in [4.69, 9.17) is 17.3 Å². The molecule has 152 valence electrons. The lowest BCUT2D eigenvalue weighted by atomic mass is 9.84. The summed E-state index contributed by atoms with van der Waals surface area (Å²) in [6, 6.07) is 2.90. The molecule has 0 bridgehead atoms. The second-order valence-corrected chi connectivity index (χ2v) is 7.21. The van der Waals surface area contributed by atoms with Crippen LogP contribution < -0.4 is 11.1 Å². The van der Waals surface area contributed by atoms with Crippen LogP contribution in [0.4, 0.5) is 23.2 Å². The average molecular weight is 428 g/mol. The van der Waals surface area contributed by atoms with Gasteiger partial charge in [0.1, 0.15) is 11.5 Å². The highest BCUT2D eigenvalue weighted by atomic mass is 35.5. The van der Waals surface area contributed by atoms with Gasteiger partial charge in [-0.05, 0) is 25.1 Å². The number of alkyl halides is 2. The minimum atomic E-state index is -3.51. The molecule has 1 aromatic carbocycles. The second kappa shape index (κ2) is 6.58. The molecular formula is C18H14ClF4N5O. The standard InChI is InChI=1S/C18H14ClF4N5O/c1-17(18(22,23)7-29-16(24)28-17)10-4-13-8(2-11(10)20)5-26-15(27-13)14-12(21)3-9(19)6-25-14/h2-4,6H,5,7H2,1H3,(H2,24,28)(H,26,27)/t17-/m1/s1. The number of ether oxygens (including phenoxy) is 1. The molecule has 1 aromatic heterocycles. The largest absolute Gasteiger partial charge is 0.459 e. The molecule has 0 aliphatic carbocycles. The van der Waals surface area contributed by atoms with Crippen LogP contribution >= 0.6 is 11.6 Å². The zero-order valence-corrected chi connectivity index (χ0v) is 15.7. The molecule has 1 atom stereocenters. The van der Waals surface area contributed by atoms with Crippen LogP contribution in [-0.2, 0) is 16.8 Å². The number of anilines is 1. The molecule has 0 radical (unpaired) electrons. The fourth-order valence-corrected chi connectivity index (χ4v) is 3.33. The Balaban J connectivity index is 1.77. The van der Waals surface area contributed by atoms with E-state index < -0.39 is 35.7 Å². The van der Waals surface area contributed by atoms with Gasteiger partial charge in [-0.3, -0.25) is 4.99 Å². The minimum absolute atomic E-state index is 0.000236. The third kappa shape index (κ3) is 3.17. The molecule has 2 aromatic rings. The van der Waals surface area contributed by atoms with Crippen molar-refractivity contribution in [2.45, 2.75) is 24.9 Å². The lowest BCUT2D eigenvalue weighted by Crippen LogP contribution is -2.51. The lowest BCUT2D eigenvalue weighted by Gasteiger charge is -2.38. The van der Waals surface area contributed by atoms with E-state index >= 15 is 0 Å². The van der Waals surface area contributed by atoms with Gasteiger partial charge in [0.15, 0.2) is 23.8 Å². The zero-order chi connectivity index (χ0) is 21.0. The van der Waals surface area contributed by atoms with Crippen molar-refractivity contribution in [2.75, 3.05) is 11.9 Å². The molecule has 0 amide bonds. The van der Waals surface area contributed by atoms with Gasteiger partial charge in [-0.2, -0.15) is 8.78 Å². The fraction of sp³-hybridized carbons (Fsp3) is 0.278. The van der Waals surface area contributed by atoms with Crippen LogP contribution in [0, 0.1) is 11.6 Å². The number of aromatic nitrogens is 1. The average Bonchev–Trinajstić information content (AvgIpc) is 2.64. The first-order valence-corrected chi connectivity index (χ1v) is 8.80. The summed E-state index contributed by atoms with van der Waals surface area (Å²) in [7, 11) is 0. The molecule has 3 N–H and O–H groups in total. The molecule has 2 aliphatic heterocycles. The van der Waals surface area contributed by atoms with E-state index in [1.54, 1.807) is 0 Å². The molecule has 29 heavy (non-hydrogen) atoms. The monoisotopic (exact) mass is 427 g/mol. The summed E-state index contributed by atoms with van der Waals surface area (Å²) >= 11 is 5.71. The number of pyridine rings is 1. The Bertz CT molecular complexity index is 1070. The van der Waals surface area contributed by atoms with Gasteiger partial charge in [0.2, 0.25) is 0 Å². The number of nitrogens with one attached hydrogen (secondary N) is 1. The Kier molecular flexibility index (Phi) is 4.41. The van der Waals surface area contributed by atoms with Crippen molar-refractivity contribution in [3.8, 4) is 0 Å². The SMILES string of the molecule is C[C@]1(c2cc3c(cc2F)CN=C(c2ncc(Cl)cc2F)N3)N=C(N)OCC1(F)F. The van der Waals surface area contributed by atoms with E-state index in [1.807, 2.05) is 0 Å². The highest BCUT2D eigenvalue weighted by Crippen LogP contribution is 2.45. The van der Waals surface area contributed by atoms with E-state index in [0.29, 0.717) is 5.56 Å². The molecular weight excluding hydrogens is 414 g/mol. The summed E-state index contributed by atoms with van der Waals surface area (Å²) in [5.41, 5.74) is 3.37. The van der Waals surface area contributed by atoms with Crippen molar-refractivity contribution in [2.24, 2.45) is 15.7 Å². The van der Waals surface area contributed by atoms with E-state index in [1.165, 1.54) is 12.3 Å².